The molecule has 1 aromatic carbocycles. The first-order valence-corrected chi connectivity index (χ1v) is 5.58. The average molecular weight is 261 g/mol. The van der Waals surface area contributed by atoms with E-state index in [-0.39, 0.29) is 17.0 Å². The Hall–Kier alpha value is -2.59. The van der Waals surface area contributed by atoms with Crippen molar-refractivity contribution < 1.29 is 15.0 Å². The zero-order valence-corrected chi connectivity index (χ0v) is 9.73. The first kappa shape index (κ1) is 11.9. The number of nitriles is 1. The number of benzene rings is 1. The molecule has 0 atom stereocenters. The minimum absolute atomic E-state index is 0.0716. The normalized spacial score (nSPS) is 9.72. The van der Waals surface area contributed by atoms with Gasteiger partial charge in [0.2, 0.25) is 5.88 Å². The number of aromatic carboxylic acids is 1. The lowest BCUT2D eigenvalue weighted by molar-refractivity contribution is 0.0697. The molecule has 0 aliphatic heterocycles. The fraction of sp³-hybridized carbons (Fsp3) is 0. The van der Waals surface area contributed by atoms with E-state index in [2.05, 4.69) is 9.69 Å². The van der Waals surface area contributed by atoms with Gasteiger partial charge in [-0.1, -0.05) is 0 Å². The molecule has 2 rings (SSSR count). The smallest absolute Gasteiger partial charge is 0.335 e. The van der Waals surface area contributed by atoms with Crippen molar-refractivity contribution in [3.05, 3.63) is 35.4 Å². The van der Waals surface area contributed by atoms with Crippen LogP contribution in [-0.4, -0.2) is 20.6 Å². The van der Waals surface area contributed by atoms with Crippen LogP contribution >= 0.6 is 11.5 Å². The van der Waals surface area contributed by atoms with Crippen LogP contribution in [0.3, 0.4) is 0 Å². The van der Waals surface area contributed by atoms with Crippen LogP contribution in [0.1, 0.15) is 15.9 Å². The lowest BCUT2D eigenvalue weighted by atomic mass is 10.2. The SMILES string of the molecule is N#Cc1c(O)nsc1Nc1ccc(C(=O)O)cc1. The molecule has 0 unspecified atom stereocenters. The molecule has 0 amide bonds. The van der Waals surface area contributed by atoms with Gasteiger partial charge < -0.3 is 15.5 Å². The van der Waals surface area contributed by atoms with E-state index < -0.39 is 5.97 Å². The molecule has 0 spiro atoms. The van der Waals surface area contributed by atoms with Crippen molar-refractivity contribution in [3.8, 4) is 11.9 Å². The zero-order chi connectivity index (χ0) is 13.1. The molecule has 18 heavy (non-hydrogen) atoms. The molecule has 3 N–H and O–H groups in total. The largest absolute Gasteiger partial charge is 0.492 e. The maximum absolute atomic E-state index is 10.7. The number of rotatable bonds is 3. The van der Waals surface area contributed by atoms with Crippen LogP contribution in [0.25, 0.3) is 0 Å². The number of aromatic hydroxyl groups is 1. The van der Waals surface area contributed by atoms with E-state index in [4.69, 9.17) is 10.4 Å². The summed E-state index contributed by atoms with van der Waals surface area (Å²) in [6, 6.07) is 7.86. The molecule has 0 saturated carbocycles. The summed E-state index contributed by atoms with van der Waals surface area (Å²) in [6.07, 6.45) is 0. The standard InChI is InChI=1S/C11H7N3O3S/c12-5-8-9(15)14-18-10(8)13-7-3-1-6(2-4-7)11(16)17/h1-4,13H,(H,14,15)(H,16,17). The Balaban J connectivity index is 2.24. The van der Waals surface area contributed by atoms with Gasteiger partial charge in [-0.2, -0.15) is 9.64 Å². The molecule has 1 heterocycles. The molecule has 1 aromatic heterocycles. The van der Waals surface area contributed by atoms with Gasteiger partial charge in [0, 0.05) is 5.69 Å². The summed E-state index contributed by atoms with van der Waals surface area (Å²) in [5.74, 6) is -1.32. The lowest BCUT2D eigenvalue weighted by Gasteiger charge is -2.03. The summed E-state index contributed by atoms with van der Waals surface area (Å²) >= 11 is 0.956. The molecule has 0 aliphatic rings. The van der Waals surface area contributed by atoms with Gasteiger partial charge in [0.25, 0.3) is 0 Å². The second-order valence-corrected chi connectivity index (χ2v) is 4.10. The summed E-state index contributed by atoms with van der Waals surface area (Å²) < 4.78 is 3.65. The lowest BCUT2D eigenvalue weighted by Crippen LogP contribution is -1.96. The van der Waals surface area contributed by atoms with Crippen LogP contribution in [0.15, 0.2) is 24.3 Å². The van der Waals surface area contributed by atoms with Gasteiger partial charge in [0.05, 0.1) is 5.56 Å². The average Bonchev–Trinajstić information content (AvgIpc) is 2.70. The molecular weight excluding hydrogens is 254 g/mol. The summed E-state index contributed by atoms with van der Waals surface area (Å²) in [4.78, 5) is 10.7. The number of carboxylic acid groups (broad SMARTS) is 1. The Labute approximate surface area is 106 Å². The minimum Gasteiger partial charge on any atom is -0.492 e. The maximum Gasteiger partial charge on any atom is 0.335 e. The van der Waals surface area contributed by atoms with E-state index in [0.29, 0.717) is 10.7 Å². The third-order valence-electron chi connectivity index (χ3n) is 2.18. The summed E-state index contributed by atoms with van der Waals surface area (Å²) in [6.45, 7) is 0. The van der Waals surface area contributed by atoms with Crippen molar-refractivity contribution in [1.29, 1.82) is 5.26 Å². The van der Waals surface area contributed by atoms with E-state index >= 15 is 0 Å². The summed E-state index contributed by atoms with van der Waals surface area (Å²) in [5, 5.41) is 30.2. The third kappa shape index (κ3) is 2.23. The fourth-order valence-corrected chi connectivity index (χ4v) is 1.96. The highest BCUT2D eigenvalue weighted by Crippen LogP contribution is 2.31. The molecule has 0 saturated heterocycles. The molecule has 2 aromatic rings. The Kier molecular flexibility index (Phi) is 3.12. The van der Waals surface area contributed by atoms with Crippen LogP contribution in [-0.2, 0) is 0 Å². The van der Waals surface area contributed by atoms with Crippen LogP contribution in [0, 0.1) is 11.3 Å². The van der Waals surface area contributed by atoms with Gasteiger partial charge in [0.1, 0.15) is 11.1 Å². The summed E-state index contributed by atoms with van der Waals surface area (Å²) in [7, 11) is 0. The number of aromatic nitrogens is 1. The number of carbonyl (C=O) groups is 1. The van der Waals surface area contributed by atoms with Crippen LogP contribution in [0.4, 0.5) is 10.7 Å². The number of hydrogen-bond acceptors (Lipinski definition) is 6. The Bertz CT molecular complexity index is 628. The first-order valence-electron chi connectivity index (χ1n) is 4.81. The molecule has 0 fully saturated rings. The Morgan fingerprint density at radius 1 is 1.39 bits per heavy atom. The number of hydrogen-bond donors (Lipinski definition) is 3. The van der Waals surface area contributed by atoms with Crippen molar-refractivity contribution in [3.63, 3.8) is 0 Å². The topological polar surface area (TPSA) is 106 Å². The second-order valence-electron chi connectivity index (χ2n) is 3.33. The molecule has 7 heteroatoms. The molecule has 0 aliphatic carbocycles. The number of nitrogens with one attached hydrogen (secondary N) is 1. The highest BCUT2D eigenvalue weighted by Gasteiger charge is 2.12. The number of nitrogens with zero attached hydrogens (tertiary/aromatic N) is 2. The molecule has 90 valence electrons. The molecule has 0 radical (unpaired) electrons. The van der Waals surface area contributed by atoms with Gasteiger partial charge >= 0.3 is 5.97 Å². The van der Waals surface area contributed by atoms with Gasteiger partial charge in [-0.15, -0.1) is 0 Å². The predicted molar refractivity (Wildman–Crippen MR) is 65.2 cm³/mol. The van der Waals surface area contributed by atoms with Crippen molar-refractivity contribution in [2.75, 3.05) is 5.32 Å². The number of carboxylic acids is 1. The van der Waals surface area contributed by atoms with E-state index in [1.807, 2.05) is 6.07 Å². The van der Waals surface area contributed by atoms with Gasteiger partial charge in [-0.25, -0.2) is 4.79 Å². The summed E-state index contributed by atoms with van der Waals surface area (Å²) in [5.41, 5.74) is 0.857. The zero-order valence-electron chi connectivity index (χ0n) is 8.91. The van der Waals surface area contributed by atoms with Crippen LogP contribution < -0.4 is 5.32 Å². The first-order chi connectivity index (χ1) is 8.61. The van der Waals surface area contributed by atoms with E-state index in [0.717, 1.165) is 11.5 Å². The molecule has 6 nitrogen and oxygen atoms in total. The predicted octanol–water partition coefficient (Wildman–Crippen LogP) is 2.16. The third-order valence-corrected chi connectivity index (χ3v) is 2.93. The number of anilines is 2. The Morgan fingerprint density at radius 3 is 2.61 bits per heavy atom. The Morgan fingerprint density at radius 2 is 2.06 bits per heavy atom. The van der Waals surface area contributed by atoms with Gasteiger partial charge in [0.15, 0.2) is 5.56 Å². The monoisotopic (exact) mass is 261 g/mol. The molecular formula is C11H7N3O3S. The van der Waals surface area contributed by atoms with Crippen molar-refractivity contribution in [2.24, 2.45) is 0 Å². The highest BCUT2D eigenvalue weighted by atomic mass is 32.1. The van der Waals surface area contributed by atoms with Gasteiger partial charge in [-0.3, -0.25) is 0 Å². The molecule has 0 bridgehead atoms. The van der Waals surface area contributed by atoms with Gasteiger partial charge in [-0.05, 0) is 35.8 Å². The maximum atomic E-state index is 10.7. The minimum atomic E-state index is -1.00. The van der Waals surface area contributed by atoms with E-state index in [9.17, 15) is 9.90 Å². The van der Waals surface area contributed by atoms with Crippen molar-refractivity contribution in [2.45, 2.75) is 0 Å². The van der Waals surface area contributed by atoms with Crippen LogP contribution in [0.2, 0.25) is 0 Å². The van der Waals surface area contributed by atoms with E-state index in [1.54, 1.807) is 12.1 Å². The van der Waals surface area contributed by atoms with Crippen molar-refractivity contribution >= 4 is 28.2 Å². The van der Waals surface area contributed by atoms with Crippen molar-refractivity contribution in [1.82, 2.24) is 4.37 Å². The quantitative estimate of drug-likeness (QED) is 0.781. The second kappa shape index (κ2) is 4.73. The highest BCUT2D eigenvalue weighted by molar-refractivity contribution is 7.10. The van der Waals surface area contributed by atoms with E-state index in [1.165, 1.54) is 12.1 Å². The van der Waals surface area contributed by atoms with Crippen LogP contribution in [0.5, 0.6) is 5.88 Å². The fourth-order valence-electron chi connectivity index (χ4n) is 1.30.